The van der Waals surface area contributed by atoms with Gasteiger partial charge < -0.3 is 15.2 Å². The molecule has 0 aromatic heterocycles. The summed E-state index contributed by atoms with van der Waals surface area (Å²) in [6, 6.07) is 12.4. The Hall–Kier alpha value is -3.68. The van der Waals surface area contributed by atoms with Crippen LogP contribution in [0.1, 0.15) is 15.9 Å². The molecule has 0 unspecified atom stereocenters. The number of amides is 2. The number of nitrogens with zero attached hydrogens (tertiary/aromatic N) is 1. The molecule has 0 bridgehead atoms. The van der Waals surface area contributed by atoms with Crippen molar-refractivity contribution in [2.24, 2.45) is 5.10 Å². The van der Waals surface area contributed by atoms with Crippen LogP contribution in [-0.2, 0) is 9.59 Å². The highest BCUT2D eigenvalue weighted by Crippen LogP contribution is 2.16. The van der Waals surface area contributed by atoms with Crippen LogP contribution in [-0.4, -0.2) is 36.2 Å². The third-order valence-corrected chi connectivity index (χ3v) is 3.07. The lowest BCUT2D eigenvalue weighted by molar-refractivity contribution is -0.136. The highest BCUT2D eigenvalue weighted by molar-refractivity contribution is 6.39. The molecule has 0 radical (unpaired) electrons. The van der Waals surface area contributed by atoms with Crippen molar-refractivity contribution in [3.05, 3.63) is 59.7 Å². The average molecular weight is 341 g/mol. The zero-order valence-electron chi connectivity index (χ0n) is 13.2. The van der Waals surface area contributed by atoms with Gasteiger partial charge >= 0.3 is 17.8 Å². The number of methoxy groups -OCH3 is 1. The summed E-state index contributed by atoms with van der Waals surface area (Å²) in [6.07, 6.45) is 1.29. The largest absolute Gasteiger partial charge is 0.497 e. The van der Waals surface area contributed by atoms with Gasteiger partial charge in [0.05, 0.1) is 18.9 Å². The van der Waals surface area contributed by atoms with Crippen molar-refractivity contribution in [3.63, 3.8) is 0 Å². The van der Waals surface area contributed by atoms with E-state index in [0.717, 1.165) is 0 Å². The predicted molar refractivity (Wildman–Crippen MR) is 90.8 cm³/mol. The summed E-state index contributed by atoms with van der Waals surface area (Å²) >= 11 is 0. The minimum Gasteiger partial charge on any atom is -0.497 e. The van der Waals surface area contributed by atoms with Crippen LogP contribution in [0.5, 0.6) is 5.75 Å². The topological polar surface area (TPSA) is 117 Å². The lowest BCUT2D eigenvalue weighted by Gasteiger charge is -2.05. The summed E-state index contributed by atoms with van der Waals surface area (Å²) in [6.45, 7) is 0. The van der Waals surface area contributed by atoms with Gasteiger partial charge in [0.2, 0.25) is 0 Å². The molecular weight excluding hydrogens is 326 g/mol. The molecule has 128 valence electrons. The number of hydrogen-bond donors (Lipinski definition) is 3. The summed E-state index contributed by atoms with van der Waals surface area (Å²) in [7, 11) is 1.49. The fourth-order valence-corrected chi connectivity index (χ4v) is 1.82. The third-order valence-electron chi connectivity index (χ3n) is 3.07. The molecule has 2 aromatic rings. The standard InChI is InChI=1S/C17H15N3O5/c1-25-14-4-2-3-13(9-14)19-15(21)16(22)20-18-10-11-5-7-12(8-6-11)17(23)24/h2-10H,1H3,(H,19,21)(H,20,22)(H,23,24). The van der Waals surface area contributed by atoms with E-state index >= 15 is 0 Å². The van der Waals surface area contributed by atoms with Crippen LogP contribution in [0.4, 0.5) is 5.69 Å². The number of carbonyl (C=O) groups is 3. The SMILES string of the molecule is COc1cccc(NC(=O)C(=O)NN=Cc2ccc(C(=O)O)cc2)c1. The van der Waals surface area contributed by atoms with E-state index < -0.39 is 17.8 Å². The van der Waals surface area contributed by atoms with Gasteiger partial charge in [0.15, 0.2) is 0 Å². The Labute approximate surface area is 143 Å². The first-order chi connectivity index (χ1) is 12.0. The molecule has 0 atom stereocenters. The molecule has 8 heteroatoms. The van der Waals surface area contributed by atoms with E-state index in [1.807, 2.05) is 0 Å². The number of hydrogen-bond acceptors (Lipinski definition) is 5. The van der Waals surface area contributed by atoms with E-state index in [0.29, 0.717) is 17.0 Å². The smallest absolute Gasteiger partial charge is 0.335 e. The second kappa shape index (κ2) is 8.25. The van der Waals surface area contributed by atoms with E-state index in [1.165, 1.54) is 37.6 Å². The summed E-state index contributed by atoms with van der Waals surface area (Å²) in [5.74, 6) is -2.32. The van der Waals surface area contributed by atoms with Crippen LogP contribution in [0.2, 0.25) is 0 Å². The first-order valence-corrected chi connectivity index (χ1v) is 7.11. The number of carbonyl (C=O) groups excluding carboxylic acids is 2. The number of carboxylic acid groups (broad SMARTS) is 1. The Morgan fingerprint density at radius 2 is 1.80 bits per heavy atom. The maximum absolute atomic E-state index is 11.8. The molecule has 2 amide bonds. The second-order valence-corrected chi connectivity index (χ2v) is 4.81. The van der Waals surface area contributed by atoms with Gasteiger partial charge in [-0.15, -0.1) is 0 Å². The first kappa shape index (κ1) is 17.7. The number of benzene rings is 2. The molecule has 0 aliphatic carbocycles. The van der Waals surface area contributed by atoms with Crippen molar-refractivity contribution in [2.75, 3.05) is 12.4 Å². The van der Waals surface area contributed by atoms with Gasteiger partial charge in [-0.1, -0.05) is 18.2 Å². The monoisotopic (exact) mass is 341 g/mol. The fourth-order valence-electron chi connectivity index (χ4n) is 1.82. The number of ether oxygens (including phenoxy) is 1. The van der Waals surface area contributed by atoms with Crippen molar-refractivity contribution in [1.29, 1.82) is 0 Å². The molecule has 25 heavy (non-hydrogen) atoms. The maximum Gasteiger partial charge on any atom is 0.335 e. The van der Waals surface area contributed by atoms with E-state index in [2.05, 4.69) is 15.8 Å². The quantitative estimate of drug-likeness (QED) is 0.433. The van der Waals surface area contributed by atoms with Crippen molar-refractivity contribution >= 4 is 29.7 Å². The number of carboxylic acids is 1. The summed E-state index contributed by atoms with van der Waals surface area (Å²) < 4.78 is 5.02. The molecule has 0 aliphatic rings. The Bertz CT molecular complexity index is 815. The van der Waals surface area contributed by atoms with Crippen molar-refractivity contribution in [1.82, 2.24) is 5.43 Å². The number of rotatable bonds is 5. The number of hydrazone groups is 1. The van der Waals surface area contributed by atoms with Crippen LogP contribution in [0.15, 0.2) is 53.6 Å². The zero-order chi connectivity index (χ0) is 18.2. The second-order valence-electron chi connectivity index (χ2n) is 4.81. The van der Waals surface area contributed by atoms with Gasteiger partial charge in [0.1, 0.15) is 5.75 Å². The maximum atomic E-state index is 11.8. The van der Waals surface area contributed by atoms with Gasteiger partial charge in [-0.25, -0.2) is 10.2 Å². The lowest BCUT2D eigenvalue weighted by atomic mass is 10.1. The van der Waals surface area contributed by atoms with Crippen LogP contribution in [0, 0.1) is 0 Å². The Morgan fingerprint density at radius 3 is 2.44 bits per heavy atom. The van der Waals surface area contributed by atoms with E-state index in [1.54, 1.807) is 24.3 Å². The normalized spacial score (nSPS) is 10.3. The zero-order valence-corrected chi connectivity index (χ0v) is 13.2. The van der Waals surface area contributed by atoms with Crippen molar-refractivity contribution < 1.29 is 24.2 Å². The van der Waals surface area contributed by atoms with Gasteiger partial charge in [-0.05, 0) is 29.8 Å². The van der Waals surface area contributed by atoms with Crippen molar-refractivity contribution in [2.45, 2.75) is 0 Å². The van der Waals surface area contributed by atoms with E-state index in [9.17, 15) is 14.4 Å². The molecule has 0 saturated carbocycles. The minimum atomic E-state index is -1.04. The van der Waals surface area contributed by atoms with Gasteiger partial charge in [0, 0.05) is 11.8 Å². The van der Waals surface area contributed by atoms with Crippen LogP contribution in [0.25, 0.3) is 0 Å². The average Bonchev–Trinajstić information content (AvgIpc) is 2.62. The number of nitrogens with one attached hydrogen (secondary N) is 2. The van der Waals surface area contributed by atoms with Crippen molar-refractivity contribution in [3.8, 4) is 5.75 Å². The molecule has 2 aromatic carbocycles. The molecule has 0 heterocycles. The minimum absolute atomic E-state index is 0.138. The van der Waals surface area contributed by atoms with Crippen LogP contribution < -0.4 is 15.5 Å². The van der Waals surface area contributed by atoms with E-state index in [4.69, 9.17) is 9.84 Å². The highest BCUT2D eigenvalue weighted by atomic mass is 16.5. The third kappa shape index (κ3) is 5.17. The van der Waals surface area contributed by atoms with Crippen LogP contribution >= 0.6 is 0 Å². The van der Waals surface area contributed by atoms with Gasteiger partial charge in [-0.3, -0.25) is 9.59 Å². The van der Waals surface area contributed by atoms with Crippen LogP contribution in [0.3, 0.4) is 0 Å². The predicted octanol–water partition coefficient (Wildman–Crippen LogP) is 1.48. The fraction of sp³-hybridized carbons (Fsp3) is 0.0588. The van der Waals surface area contributed by atoms with Gasteiger partial charge in [-0.2, -0.15) is 5.10 Å². The molecule has 0 saturated heterocycles. The molecule has 0 spiro atoms. The summed E-state index contributed by atoms with van der Waals surface area (Å²) in [4.78, 5) is 34.2. The Kier molecular flexibility index (Phi) is 5.83. The Morgan fingerprint density at radius 1 is 1.08 bits per heavy atom. The summed E-state index contributed by atoms with van der Waals surface area (Å²) in [5, 5.41) is 14.9. The van der Waals surface area contributed by atoms with E-state index in [-0.39, 0.29) is 5.56 Å². The molecule has 8 nitrogen and oxygen atoms in total. The molecule has 0 fully saturated rings. The lowest BCUT2D eigenvalue weighted by Crippen LogP contribution is -2.32. The Balaban J connectivity index is 1.90. The highest BCUT2D eigenvalue weighted by Gasteiger charge is 2.13. The summed E-state index contributed by atoms with van der Waals surface area (Å²) in [5.41, 5.74) is 3.20. The molecule has 2 rings (SSSR count). The molecule has 3 N–H and O–H groups in total. The molecule has 0 aliphatic heterocycles. The first-order valence-electron chi connectivity index (χ1n) is 7.11. The van der Waals surface area contributed by atoms with Gasteiger partial charge in [0.25, 0.3) is 0 Å². The number of anilines is 1. The number of aromatic carboxylic acids is 1. The molecular formula is C17H15N3O5.